The van der Waals surface area contributed by atoms with Gasteiger partial charge in [0.25, 0.3) is 0 Å². The molecule has 15 heavy (non-hydrogen) atoms. The van der Waals surface area contributed by atoms with Crippen LogP contribution in [-0.4, -0.2) is 30.1 Å². The number of likely N-dealkylation sites (tertiary alicyclic amines) is 1. The Morgan fingerprint density at radius 3 is 2.73 bits per heavy atom. The van der Waals surface area contributed by atoms with Gasteiger partial charge in [-0.2, -0.15) is 0 Å². The first-order valence-electron chi connectivity index (χ1n) is 6.81. The van der Waals surface area contributed by atoms with Crippen molar-refractivity contribution in [3.8, 4) is 0 Å². The van der Waals surface area contributed by atoms with Crippen LogP contribution in [0.3, 0.4) is 0 Å². The fraction of sp³-hybridized carbons (Fsp3) is 1.00. The van der Waals surface area contributed by atoms with Crippen LogP contribution < -0.4 is 5.73 Å². The van der Waals surface area contributed by atoms with Gasteiger partial charge in [-0.3, -0.25) is 4.90 Å². The Bertz CT molecular complexity index is 187. The molecule has 2 aliphatic rings. The topological polar surface area (TPSA) is 29.3 Å². The molecule has 0 spiro atoms. The molecule has 2 rings (SSSR count). The zero-order valence-electron chi connectivity index (χ0n) is 10.1. The van der Waals surface area contributed by atoms with E-state index in [1.807, 2.05) is 0 Å². The van der Waals surface area contributed by atoms with Crippen molar-refractivity contribution < 1.29 is 0 Å². The summed E-state index contributed by atoms with van der Waals surface area (Å²) in [4.78, 5) is 2.68. The zero-order valence-corrected chi connectivity index (χ0v) is 10.1. The Morgan fingerprint density at radius 1 is 1.27 bits per heavy atom. The first kappa shape index (κ1) is 11.4. The van der Waals surface area contributed by atoms with Crippen molar-refractivity contribution in [2.24, 2.45) is 11.7 Å². The molecule has 2 heteroatoms. The molecule has 1 aliphatic heterocycles. The smallest absolute Gasteiger partial charge is 0.0196 e. The second-order valence-electron chi connectivity index (χ2n) is 5.43. The molecule has 0 aromatic carbocycles. The normalized spacial score (nSPS) is 30.4. The van der Waals surface area contributed by atoms with E-state index < -0.39 is 0 Å². The summed E-state index contributed by atoms with van der Waals surface area (Å²) in [6.07, 6.45) is 9.68. The van der Waals surface area contributed by atoms with Gasteiger partial charge in [0.2, 0.25) is 0 Å². The van der Waals surface area contributed by atoms with Crippen molar-refractivity contribution in [3.05, 3.63) is 0 Å². The average molecular weight is 210 g/mol. The number of hydrogen-bond acceptors (Lipinski definition) is 2. The number of hydrogen-bond donors (Lipinski definition) is 1. The lowest BCUT2D eigenvalue weighted by atomic mass is 9.97. The van der Waals surface area contributed by atoms with Crippen molar-refractivity contribution in [2.75, 3.05) is 13.1 Å². The van der Waals surface area contributed by atoms with Crippen LogP contribution >= 0.6 is 0 Å². The molecular weight excluding hydrogens is 184 g/mol. The van der Waals surface area contributed by atoms with Crippen molar-refractivity contribution in [1.82, 2.24) is 4.90 Å². The molecule has 2 N–H and O–H groups in total. The predicted molar refractivity (Wildman–Crippen MR) is 64.8 cm³/mol. The minimum absolute atomic E-state index is 0.461. The van der Waals surface area contributed by atoms with Crippen LogP contribution in [0.15, 0.2) is 0 Å². The summed E-state index contributed by atoms with van der Waals surface area (Å²) in [7, 11) is 0. The number of nitrogens with two attached hydrogens (primary N) is 1. The lowest BCUT2D eigenvalue weighted by Crippen LogP contribution is -2.46. The maximum Gasteiger partial charge on any atom is 0.0196 e. The highest BCUT2D eigenvalue weighted by Crippen LogP contribution is 2.32. The highest BCUT2D eigenvalue weighted by molar-refractivity contribution is 4.88. The van der Waals surface area contributed by atoms with Gasteiger partial charge in [-0.15, -0.1) is 0 Å². The van der Waals surface area contributed by atoms with E-state index in [4.69, 9.17) is 5.73 Å². The molecule has 1 saturated heterocycles. The van der Waals surface area contributed by atoms with E-state index in [0.717, 1.165) is 18.5 Å². The highest BCUT2D eigenvalue weighted by atomic mass is 15.2. The molecule has 0 amide bonds. The fourth-order valence-electron chi connectivity index (χ4n) is 2.90. The Kier molecular flexibility index (Phi) is 4.04. The highest BCUT2D eigenvalue weighted by Gasteiger charge is 2.31. The molecule has 0 radical (unpaired) electrons. The summed E-state index contributed by atoms with van der Waals surface area (Å²) in [5.41, 5.74) is 6.23. The van der Waals surface area contributed by atoms with Gasteiger partial charge in [0.15, 0.2) is 0 Å². The standard InChI is InChI=1S/C13H26N2/c1-2-5-12-6-3-4-9-15(12)10-13(14)11-7-8-11/h11-13H,2-10,14H2,1H3. The van der Waals surface area contributed by atoms with Crippen LogP contribution in [-0.2, 0) is 0 Å². The molecule has 0 aromatic rings. The summed E-state index contributed by atoms with van der Waals surface area (Å²) in [6.45, 7) is 4.76. The molecule has 1 heterocycles. The zero-order chi connectivity index (χ0) is 10.7. The Hall–Kier alpha value is -0.0800. The number of nitrogens with zero attached hydrogens (tertiary/aromatic N) is 1. The summed E-state index contributed by atoms with van der Waals surface area (Å²) in [5.74, 6) is 0.856. The fourth-order valence-corrected chi connectivity index (χ4v) is 2.90. The molecule has 2 nitrogen and oxygen atoms in total. The molecule has 2 atom stereocenters. The van der Waals surface area contributed by atoms with Gasteiger partial charge in [-0.1, -0.05) is 19.8 Å². The van der Waals surface area contributed by atoms with Crippen LogP contribution in [0.5, 0.6) is 0 Å². The van der Waals surface area contributed by atoms with Gasteiger partial charge in [-0.25, -0.2) is 0 Å². The predicted octanol–water partition coefficient (Wildman–Crippen LogP) is 2.38. The van der Waals surface area contributed by atoms with Crippen LogP contribution in [0.1, 0.15) is 51.9 Å². The minimum Gasteiger partial charge on any atom is -0.326 e. The van der Waals surface area contributed by atoms with Crippen LogP contribution in [0.4, 0.5) is 0 Å². The average Bonchev–Trinajstić information content (AvgIpc) is 3.04. The SMILES string of the molecule is CCCC1CCCCN1CC(N)C1CC1. The molecule has 2 unspecified atom stereocenters. The van der Waals surface area contributed by atoms with Crippen LogP contribution in [0.25, 0.3) is 0 Å². The van der Waals surface area contributed by atoms with E-state index >= 15 is 0 Å². The largest absolute Gasteiger partial charge is 0.326 e. The van der Waals surface area contributed by atoms with Gasteiger partial charge in [0.1, 0.15) is 0 Å². The van der Waals surface area contributed by atoms with E-state index in [-0.39, 0.29) is 0 Å². The maximum atomic E-state index is 6.23. The van der Waals surface area contributed by atoms with Crippen molar-refractivity contribution in [3.63, 3.8) is 0 Å². The maximum absolute atomic E-state index is 6.23. The van der Waals surface area contributed by atoms with Crippen molar-refractivity contribution in [1.29, 1.82) is 0 Å². The third kappa shape index (κ3) is 3.18. The Morgan fingerprint density at radius 2 is 2.07 bits per heavy atom. The van der Waals surface area contributed by atoms with Crippen LogP contribution in [0, 0.1) is 5.92 Å². The third-order valence-corrected chi connectivity index (χ3v) is 4.04. The molecule has 2 fully saturated rings. The quantitative estimate of drug-likeness (QED) is 0.755. The van der Waals surface area contributed by atoms with E-state index in [1.54, 1.807) is 0 Å². The van der Waals surface area contributed by atoms with Gasteiger partial charge in [-0.05, 0) is 44.6 Å². The van der Waals surface area contributed by atoms with Crippen molar-refractivity contribution >= 4 is 0 Å². The van der Waals surface area contributed by atoms with Gasteiger partial charge in [0.05, 0.1) is 0 Å². The second-order valence-corrected chi connectivity index (χ2v) is 5.43. The van der Waals surface area contributed by atoms with Gasteiger partial charge >= 0.3 is 0 Å². The summed E-state index contributed by atoms with van der Waals surface area (Å²) >= 11 is 0. The molecular formula is C13H26N2. The molecule has 1 saturated carbocycles. The van der Waals surface area contributed by atoms with Crippen LogP contribution in [0.2, 0.25) is 0 Å². The minimum atomic E-state index is 0.461. The summed E-state index contributed by atoms with van der Waals surface area (Å²) in [5, 5.41) is 0. The van der Waals surface area contributed by atoms with E-state index in [9.17, 15) is 0 Å². The van der Waals surface area contributed by atoms with E-state index in [0.29, 0.717) is 6.04 Å². The first-order chi connectivity index (χ1) is 7.31. The molecule has 0 bridgehead atoms. The molecule has 88 valence electrons. The monoisotopic (exact) mass is 210 g/mol. The number of rotatable bonds is 5. The lowest BCUT2D eigenvalue weighted by molar-refractivity contribution is 0.128. The van der Waals surface area contributed by atoms with E-state index in [1.165, 1.54) is 51.5 Å². The van der Waals surface area contributed by atoms with Gasteiger partial charge < -0.3 is 5.73 Å². The van der Waals surface area contributed by atoms with Crippen molar-refractivity contribution in [2.45, 2.75) is 64.0 Å². The lowest BCUT2D eigenvalue weighted by Gasteiger charge is -2.37. The third-order valence-electron chi connectivity index (χ3n) is 4.04. The van der Waals surface area contributed by atoms with E-state index in [2.05, 4.69) is 11.8 Å². The second kappa shape index (κ2) is 5.31. The Balaban J connectivity index is 1.80. The Labute approximate surface area is 94.2 Å². The molecule has 1 aliphatic carbocycles. The van der Waals surface area contributed by atoms with Gasteiger partial charge in [0, 0.05) is 18.6 Å². The molecule has 0 aromatic heterocycles. The first-order valence-corrected chi connectivity index (χ1v) is 6.81. The summed E-state index contributed by atoms with van der Waals surface area (Å²) in [6, 6.07) is 1.30. The number of piperidine rings is 1. The summed E-state index contributed by atoms with van der Waals surface area (Å²) < 4.78 is 0.